The van der Waals surface area contributed by atoms with Crippen molar-refractivity contribution in [3.05, 3.63) is 35.1 Å². The summed E-state index contributed by atoms with van der Waals surface area (Å²) in [5.41, 5.74) is -0.919. The molecule has 0 radical (unpaired) electrons. The molecule has 4 heteroatoms. The van der Waals surface area contributed by atoms with Crippen LogP contribution in [0.3, 0.4) is 0 Å². The van der Waals surface area contributed by atoms with Crippen molar-refractivity contribution in [2.75, 3.05) is 6.61 Å². The van der Waals surface area contributed by atoms with Crippen LogP contribution in [0.25, 0.3) is 0 Å². The Morgan fingerprint density at radius 1 is 1.62 bits per heavy atom. The fourth-order valence-corrected chi connectivity index (χ4v) is 2.10. The molecule has 1 aromatic carbocycles. The Bertz CT molecular complexity index is 430. The number of esters is 1. The summed E-state index contributed by atoms with van der Waals surface area (Å²) in [5.74, 6) is -1.07. The van der Waals surface area contributed by atoms with Crippen LogP contribution in [0.1, 0.15) is 24.5 Å². The minimum Gasteiger partial charge on any atom is -0.464 e. The molecule has 86 valence electrons. The number of ether oxygens (including phenoxy) is 1. The van der Waals surface area contributed by atoms with E-state index in [4.69, 9.17) is 4.74 Å². The molecule has 1 N–H and O–H groups in total. The van der Waals surface area contributed by atoms with Gasteiger partial charge in [0, 0.05) is 5.56 Å². The summed E-state index contributed by atoms with van der Waals surface area (Å²) in [4.78, 5) is 11.6. The van der Waals surface area contributed by atoms with Gasteiger partial charge in [-0.2, -0.15) is 0 Å². The predicted octanol–water partition coefficient (Wildman–Crippen LogP) is 1.52. The lowest BCUT2D eigenvalue weighted by molar-refractivity contribution is -0.166. The fraction of sp³-hybridized carbons (Fsp3) is 0.417. The molecule has 1 aliphatic rings. The van der Waals surface area contributed by atoms with Crippen molar-refractivity contribution in [2.24, 2.45) is 0 Å². The van der Waals surface area contributed by atoms with Crippen LogP contribution in [-0.2, 0) is 21.6 Å². The van der Waals surface area contributed by atoms with E-state index in [1.54, 1.807) is 13.0 Å². The summed E-state index contributed by atoms with van der Waals surface area (Å²) in [6.07, 6.45) is 0.541. The third-order valence-electron chi connectivity index (χ3n) is 2.91. The maximum Gasteiger partial charge on any atom is 0.342 e. The first-order valence-electron chi connectivity index (χ1n) is 5.27. The van der Waals surface area contributed by atoms with E-state index >= 15 is 0 Å². The Labute approximate surface area is 92.9 Å². The molecule has 0 heterocycles. The molecule has 0 spiro atoms. The minimum absolute atomic E-state index is 0.183. The number of carbonyl (C=O) groups is 1. The van der Waals surface area contributed by atoms with Gasteiger partial charge in [0.2, 0.25) is 0 Å². The number of fused-ring (bicyclic) bond motifs is 1. The third kappa shape index (κ3) is 1.50. The quantitative estimate of drug-likeness (QED) is 0.775. The molecule has 1 atom stereocenters. The highest BCUT2D eigenvalue weighted by Crippen LogP contribution is 2.38. The fourth-order valence-electron chi connectivity index (χ4n) is 2.10. The van der Waals surface area contributed by atoms with Crippen LogP contribution in [0.15, 0.2) is 18.2 Å². The Morgan fingerprint density at radius 3 is 3.06 bits per heavy atom. The molecule has 1 aliphatic carbocycles. The molecule has 2 rings (SSSR count). The van der Waals surface area contributed by atoms with E-state index in [1.165, 1.54) is 12.1 Å². The average molecular weight is 224 g/mol. The first-order chi connectivity index (χ1) is 7.59. The van der Waals surface area contributed by atoms with E-state index in [1.807, 2.05) is 0 Å². The van der Waals surface area contributed by atoms with Gasteiger partial charge >= 0.3 is 5.97 Å². The van der Waals surface area contributed by atoms with E-state index in [9.17, 15) is 14.3 Å². The summed E-state index contributed by atoms with van der Waals surface area (Å²) in [7, 11) is 0. The lowest BCUT2D eigenvalue weighted by Crippen LogP contribution is -2.35. The molecule has 16 heavy (non-hydrogen) atoms. The summed E-state index contributed by atoms with van der Waals surface area (Å²) in [6, 6.07) is 4.39. The molecular formula is C12H13FO3. The van der Waals surface area contributed by atoms with Crippen molar-refractivity contribution in [2.45, 2.75) is 25.4 Å². The lowest BCUT2D eigenvalue weighted by Gasteiger charge is -2.21. The second-order valence-electron chi connectivity index (χ2n) is 3.85. The van der Waals surface area contributed by atoms with Crippen molar-refractivity contribution in [1.82, 2.24) is 0 Å². The highest BCUT2D eigenvalue weighted by atomic mass is 19.1. The monoisotopic (exact) mass is 224 g/mol. The first-order valence-corrected chi connectivity index (χ1v) is 5.27. The smallest absolute Gasteiger partial charge is 0.342 e. The van der Waals surface area contributed by atoms with E-state index in [-0.39, 0.29) is 18.8 Å². The van der Waals surface area contributed by atoms with E-state index in [0.717, 1.165) is 0 Å². The molecule has 0 amide bonds. The summed E-state index contributed by atoms with van der Waals surface area (Å²) >= 11 is 0. The molecule has 0 aromatic heterocycles. The van der Waals surface area contributed by atoms with E-state index in [0.29, 0.717) is 17.5 Å². The summed E-state index contributed by atoms with van der Waals surface area (Å²) < 4.78 is 18.2. The van der Waals surface area contributed by atoms with E-state index in [2.05, 4.69) is 0 Å². The van der Waals surface area contributed by atoms with Crippen LogP contribution in [-0.4, -0.2) is 17.7 Å². The maximum absolute atomic E-state index is 13.4. The van der Waals surface area contributed by atoms with Crippen LogP contribution in [0, 0.1) is 5.82 Å². The van der Waals surface area contributed by atoms with Gasteiger partial charge in [0.25, 0.3) is 0 Å². The SMILES string of the molecule is CCOC(=O)C1(O)CCc2c(F)cccc21. The molecule has 0 saturated heterocycles. The molecule has 0 saturated carbocycles. The zero-order chi connectivity index (χ0) is 11.8. The highest BCUT2D eigenvalue weighted by molar-refractivity contribution is 5.82. The van der Waals surface area contributed by atoms with E-state index < -0.39 is 11.6 Å². The van der Waals surface area contributed by atoms with Gasteiger partial charge in [0.05, 0.1) is 6.61 Å². The number of halogens is 1. The van der Waals surface area contributed by atoms with Crippen molar-refractivity contribution in [1.29, 1.82) is 0 Å². The van der Waals surface area contributed by atoms with Gasteiger partial charge < -0.3 is 9.84 Å². The van der Waals surface area contributed by atoms with Gasteiger partial charge in [-0.3, -0.25) is 0 Å². The third-order valence-corrected chi connectivity index (χ3v) is 2.91. The lowest BCUT2D eigenvalue weighted by atomic mass is 9.96. The molecule has 0 aliphatic heterocycles. The molecular weight excluding hydrogens is 211 g/mol. The number of benzene rings is 1. The van der Waals surface area contributed by atoms with Crippen LogP contribution in [0.2, 0.25) is 0 Å². The Balaban J connectivity index is 2.42. The standard InChI is InChI=1S/C12H13FO3/c1-2-16-11(14)12(15)7-6-8-9(12)4-3-5-10(8)13/h3-5,15H,2,6-7H2,1H3. The number of aliphatic hydroxyl groups is 1. The number of rotatable bonds is 2. The minimum atomic E-state index is -1.67. The molecule has 1 aromatic rings. The van der Waals surface area contributed by atoms with Crippen LogP contribution >= 0.6 is 0 Å². The molecule has 3 nitrogen and oxygen atoms in total. The first kappa shape index (κ1) is 11.1. The molecule has 1 unspecified atom stereocenters. The maximum atomic E-state index is 13.4. The van der Waals surface area contributed by atoms with Crippen molar-refractivity contribution in [3.63, 3.8) is 0 Å². The Hall–Kier alpha value is -1.42. The Kier molecular flexibility index (Phi) is 2.68. The number of carbonyl (C=O) groups excluding carboxylic acids is 1. The highest BCUT2D eigenvalue weighted by Gasteiger charge is 2.45. The van der Waals surface area contributed by atoms with Crippen LogP contribution in [0.4, 0.5) is 4.39 Å². The summed E-state index contributed by atoms with van der Waals surface area (Å²) in [6.45, 7) is 1.87. The average Bonchev–Trinajstić information content (AvgIpc) is 2.60. The zero-order valence-corrected chi connectivity index (χ0v) is 9.00. The second kappa shape index (κ2) is 3.87. The number of hydrogen-bond acceptors (Lipinski definition) is 3. The van der Waals surface area contributed by atoms with Gasteiger partial charge in [-0.15, -0.1) is 0 Å². The normalized spacial score (nSPS) is 22.9. The number of hydrogen-bond donors (Lipinski definition) is 1. The molecule has 0 fully saturated rings. The van der Waals surface area contributed by atoms with Crippen LogP contribution in [0.5, 0.6) is 0 Å². The largest absolute Gasteiger partial charge is 0.464 e. The molecule has 0 bridgehead atoms. The predicted molar refractivity (Wildman–Crippen MR) is 55.3 cm³/mol. The van der Waals surface area contributed by atoms with Gasteiger partial charge in [-0.05, 0) is 31.4 Å². The second-order valence-corrected chi connectivity index (χ2v) is 3.85. The van der Waals surface area contributed by atoms with Crippen molar-refractivity contribution in [3.8, 4) is 0 Å². The van der Waals surface area contributed by atoms with Crippen LogP contribution < -0.4 is 0 Å². The zero-order valence-electron chi connectivity index (χ0n) is 9.00. The van der Waals surface area contributed by atoms with Gasteiger partial charge in [0.15, 0.2) is 5.60 Å². The summed E-state index contributed by atoms with van der Waals surface area (Å²) in [5, 5.41) is 10.2. The van der Waals surface area contributed by atoms with Gasteiger partial charge in [0.1, 0.15) is 5.82 Å². The van der Waals surface area contributed by atoms with Gasteiger partial charge in [-0.25, -0.2) is 9.18 Å². The van der Waals surface area contributed by atoms with Crippen molar-refractivity contribution >= 4 is 5.97 Å². The van der Waals surface area contributed by atoms with Gasteiger partial charge in [-0.1, -0.05) is 12.1 Å². The Morgan fingerprint density at radius 2 is 2.38 bits per heavy atom. The van der Waals surface area contributed by atoms with Crippen molar-refractivity contribution < 1.29 is 19.0 Å². The topological polar surface area (TPSA) is 46.5 Å².